The highest BCUT2D eigenvalue weighted by Gasteiger charge is 2.15. The summed E-state index contributed by atoms with van der Waals surface area (Å²) in [4.78, 5) is 2.29. The molecule has 0 bridgehead atoms. The van der Waals surface area contributed by atoms with E-state index in [1.54, 1.807) is 0 Å². The van der Waals surface area contributed by atoms with Gasteiger partial charge in [0.2, 0.25) is 0 Å². The highest BCUT2D eigenvalue weighted by atomic mass is 35.5. The van der Waals surface area contributed by atoms with Crippen molar-refractivity contribution in [3.05, 3.63) is 28.8 Å². The van der Waals surface area contributed by atoms with Crippen molar-refractivity contribution >= 4 is 17.3 Å². The van der Waals surface area contributed by atoms with Crippen LogP contribution in [0.4, 0.5) is 5.69 Å². The van der Waals surface area contributed by atoms with Crippen LogP contribution in [0.25, 0.3) is 0 Å². The second kappa shape index (κ2) is 4.20. The molecule has 0 unspecified atom stereocenters. The average molecular weight is 212 g/mol. The Kier molecular flexibility index (Phi) is 2.94. The molecule has 0 aromatic heterocycles. The standard InChI is InChI=1S/C11H14ClNO/c12-10-4-3-9(8-14)11(7-10)13-5-1-2-6-13/h3-4,7,14H,1-2,5-6,8H2. The molecule has 2 rings (SSSR count). The van der Waals surface area contributed by atoms with Crippen molar-refractivity contribution in [3.63, 3.8) is 0 Å². The van der Waals surface area contributed by atoms with E-state index in [4.69, 9.17) is 11.6 Å². The summed E-state index contributed by atoms with van der Waals surface area (Å²) < 4.78 is 0. The van der Waals surface area contributed by atoms with Crippen molar-refractivity contribution in [2.75, 3.05) is 18.0 Å². The number of hydrogen-bond donors (Lipinski definition) is 1. The van der Waals surface area contributed by atoms with E-state index in [-0.39, 0.29) is 6.61 Å². The predicted octanol–water partition coefficient (Wildman–Crippen LogP) is 2.43. The van der Waals surface area contributed by atoms with Gasteiger partial charge in [-0.1, -0.05) is 17.7 Å². The van der Waals surface area contributed by atoms with Crippen LogP contribution in [0.5, 0.6) is 0 Å². The first-order chi connectivity index (χ1) is 6.81. The van der Waals surface area contributed by atoms with Crippen molar-refractivity contribution in [3.8, 4) is 0 Å². The largest absolute Gasteiger partial charge is 0.392 e. The molecule has 0 radical (unpaired) electrons. The van der Waals surface area contributed by atoms with E-state index < -0.39 is 0 Å². The van der Waals surface area contributed by atoms with Gasteiger partial charge in [-0.2, -0.15) is 0 Å². The van der Waals surface area contributed by atoms with E-state index >= 15 is 0 Å². The fourth-order valence-corrected chi connectivity index (χ4v) is 2.09. The molecule has 0 aliphatic carbocycles. The minimum absolute atomic E-state index is 0.0863. The lowest BCUT2D eigenvalue weighted by atomic mass is 10.1. The highest BCUT2D eigenvalue weighted by molar-refractivity contribution is 6.30. The SMILES string of the molecule is OCc1ccc(Cl)cc1N1CCCC1. The second-order valence-electron chi connectivity index (χ2n) is 3.63. The molecule has 0 amide bonds. The Balaban J connectivity index is 2.33. The summed E-state index contributed by atoms with van der Waals surface area (Å²) in [5, 5.41) is 9.94. The number of rotatable bonds is 2. The number of nitrogens with zero attached hydrogens (tertiary/aromatic N) is 1. The van der Waals surface area contributed by atoms with E-state index in [0.29, 0.717) is 0 Å². The molecule has 1 saturated heterocycles. The van der Waals surface area contributed by atoms with Gasteiger partial charge in [-0.3, -0.25) is 0 Å². The third-order valence-corrected chi connectivity index (χ3v) is 2.90. The molecule has 1 N–H and O–H groups in total. The number of aliphatic hydroxyl groups is 1. The molecule has 1 heterocycles. The maximum atomic E-state index is 9.20. The van der Waals surface area contributed by atoms with Crippen molar-refractivity contribution in [1.82, 2.24) is 0 Å². The van der Waals surface area contributed by atoms with E-state index in [1.165, 1.54) is 12.8 Å². The van der Waals surface area contributed by atoms with Crippen molar-refractivity contribution in [2.24, 2.45) is 0 Å². The molecular formula is C11H14ClNO. The molecule has 1 aliphatic rings. The number of aliphatic hydroxyl groups excluding tert-OH is 1. The zero-order chi connectivity index (χ0) is 9.97. The van der Waals surface area contributed by atoms with Crippen LogP contribution in [0.15, 0.2) is 18.2 Å². The predicted molar refractivity (Wildman–Crippen MR) is 58.8 cm³/mol. The third kappa shape index (κ3) is 1.86. The van der Waals surface area contributed by atoms with Gasteiger partial charge in [0.05, 0.1) is 6.61 Å². The highest BCUT2D eigenvalue weighted by Crippen LogP contribution is 2.27. The fourth-order valence-electron chi connectivity index (χ4n) is 1.92. The normalized spacial score (nSPS) is 16.3. The zero-order valence-electron chi connectivity index (χ0n) is 8.04. The molecule has 0 saturated carbocycles. The summed E-state index contributed by atoms with van der Waals surface area (Å²) >= 11 is 5.94. The molecule has 1 aliphatic heterocycles. The molecule has 1 aromatic carbocycles. The van der Waals surface area contributed by atoms with Crippen LogP contribution in [0.1, 0.15) is 18.4 Å². The van der Waals surface area contributed by atoms with Gasteiger partial charge >= 0.3 is 0 Å². The second-order valence-corrected chi connectivity index (χ2v) is 4.06. The lowest BCUT2D eigenvalue weighted by molar-refractivity contribution is 0.282. The van der Waals surface area contributed by atoms with Crippen LogP contribution >= 0.6 is 11.6 Å². The van der Waals surface area contributed by atoms with Gasteiger partial charge in [-0.15, -0.1) is 0 Å². The molecule has 14 heavy (non-hydrogen) atoms. The van der Waals surface area contributed by atoms with Crippen molar-refractivity contribution in [1.29, 1.82) is 0 Å². The van der Waals surface area contributed by atoms with Crippen LogP contribution < -0.4 is 4.90 Å². The summed E-state index contributed by atoms with van der Waals surface area (Å²) in [7, 11) is 0. The Labute approximate surface area is 89.1 Å². The zero-order valence-corrected chi connectivity index (χ0v) is 8.80. The first kappa shape index (κ1) is 9.81. The summed E-state index contributed by atoms with van der Waals surface area (Å²) in [6.45, 7) is 2.24. The van der Waals surface area contributed by atoms with Gasteiger partial charge in [0.15, 0.2) is 0 Å². The number of benzene rings is 1. The first-order valence-corrected chi connectivity index (χ1v) is 5.33. The Morgan fingerprint density at radius 1 is 1.29 bits per heavy atom. The van der Waals surface area contributed by atoms with Crippen molar-refractivity contribution < 1.29 is 5.11 Å². The van der Waals surface area contributed by atoms with Crippen LogP contribution in [0.2, 0.25) is 5.02 Å². The molecule has 1 aromatic rings. The summed E-state index contributed by atoms with van der Waals surface area (Å²) in [5.41, 5.74) is 2.06. The molecule has 0 atom stereocenters. The maximum absolute atomic E-state index is 9.20. The van der Waals surface area contributed by atoms with Crippen LogP contribution in [-0.2, 0) is 6.61 Å². The first-order valence-electron chi connectivity index (χ1n) is 4.95. The molecular weight excluding hydrogens is 198 g/mol. The Hall–Kier alpha value is -0.730. The van der Waals surface area contributed by atoms with E-state index in [1.807, 2.05) is 18.2 Å². The molecule has 0 spiro atoms. The van der Waals surface area contributed by atoms with Gasteiger partial charge in [0.25, 0.3) is 0 Å². The lowest BCUT2D eigenvalue weighted by Gasteiger charge is -2.20. The fraction of sp³-hybridized carbons (Fsp3) is 0.455. The maximum Gasteiger partial charge on any atom is 0.0702 e. The Bertz CT molecular complexity index is 321. The Morgan fingerprint density at radius 2 is 2.00 bits per heavy atom. The number of anilines is 1. The Morgan fingerprint density at radius 3 is 2.64 bits per heavy atom. The third-order valence-electron chi connectivity index (χ3n) is 2.66. The summed E-state index contributed by atoms with van der Waals surface area (Å²) in [6.07, 6.45) is 2.47. The van der Waals surface area contributed by atoms with Crippen LogP contribution in [0, 0.1) is 0 Å². The minimum Gasteiger partial charge on any atom is -0.392 e. The molecule has 3 heteroatoms. The smallest absolute Gasteiger partial charge is 0.0702 e. The van der Waals surface area contributed by atoms with Gasteiger partial charge in [0, 0.05) is 29.4 Å². The minimum atomic E-state index is 0.0863. The van der Waals surface area contributed by atoms with E-state index in [0.717, 1.165) is 29.4 Å². The average Bonchev–Trinajstić information content (AvgIpc) is 2.70. The quantitative estimate of drug-likeness (QED) is 0.812. The molecule has 2 nitrogen and oxygen atoms in total. The number of hydrogen-bond acceptors (Lipinski definition) is 2. The van der Waals surface area contributed by atoms with Gasteiger partial charge in [-0.05, 0) is 25.0 Å². The topological polar surface area (TPSA) is 23.5 Å². The van der Waals surface area contributed by atoms with Crippen LogP contribution in [0.3, 0.4) is 0 Å². The monoisotopic (exact) mass is 211 g/mol. The molecule has 1 fully saturated rings. The van der Waals surface area contributed by atoms with Gasteiger partial charge < -0.3 is 10.0 Å². The van der Waals surface area contributed by atoms with Crippen LogP contribution in [-0.4, -0.2) is 18.2 Å². The van der Waals surface area contributed by atoms with E-state index in [9.17, 15) is 5.11 Å². The summed E-state index contributed by atoms with van der Waals surface area (Å²) in [5.74, 6) is 0. The number of halogens is 1. The van der Waals surface area contributed by atoms with Gasteiger partial charge in [-0.25, -0.2) is 0 Å². The van der Waals surface area contributed by atoms with Gasteiger partial charge in [0.1, 0.15) is 0 Å². The lowest BCUT2D eigenvalue weighted by Crippen LogP contribution is -2.19. The summed E-state index contributed by atoms with van der Waals surface area (Å²) in [6, 6.07) is 5.67. The molecule has 76 valence electrons. The van der Waals surface area contributed by atoms with E-state index in [2.05, 4.69) is 4.90 Å². The van der Waals surface area contributed by atoms with Crippen molar-refractivity contribution in [2.45, 2.75) is 19.4 Å².